The summed E-state index contributed by atoms with van der Waals surface area (Å²) >= 11 is 0. The molecule has 0 spiro atoms. The van der Waals surface area contributed by atoms with Crippen molar-refractivity contribution < 1.29 is 9.59 Å². The topological polar surface area (TPSA) is 65.5 Å². The van der Waals surface area contributed by atoms with Crippen molar-refractivity contribution in [1.29, 1.82) is 0 Å². The standard InChI is InChI=1S/C22H26N4O2/c1-25-14-10-22(21(28)24-18-7-3-2-4-8-18)11-15-26(13-9-19(22)25)20(27)17-6-5-12-23-16-17/h2-8,12,16,19H,9-11,13-15H2,1H3,(H,24,28)/t19-,22-/m1/s1. The molecule has 6 nitrogen and oxygen atoms in total. The Morgan fingerprint density at radius 3 is 2.61 bits per heavy atom. The van der Waals surface area contributed by atoms with Crippen molar-refractivity contribution in [3.05, 3.63) is 60.4 Å². The van der Waals surface area contributed by atoms with Gasteiger partial charge in [-0.25, -0.2) is 0 Å². The van der Waals surface area contributed by atoms with Gasteiger partial charge in [0.15, 0.2) is 0 Å². The molecule has 2 saturated heterocycles. The van der Waals surface area contributed by atoms with Gasteiger partial charge in [0.25, 0.3) is 5.91 Å². The van der Waals surface area contributed by atoms with Crippen LogP contribution in [-0.2, 0) is 4.79 Å². The molecule has 0 saturated carbocycles. The minimum atomic E-state index is -0.464. The Morgan fingerprint density at radius 1 is 1.07 bits per heavy atom. The van der Waals surface area contributed by atoms with E-state index in [9.17, 15) is 9.59 Å². The van der Waals surface area contributed by atoms with Gasteiger partial charge in [-0.1, -0.05) is 18.2 Å². The quantitative estimate of drug-likeness (QED) is 0.892. The zero-order valence-corrected chi connectivity index (χ0v) is 16.2. The van der Waals surface area contributed by atoms with E-state index in [1.165, 1.54) is 0 Å². The van der Waals surface area contributed by atoms with Gasteiger partial charge in [0, 0.05) is 37.2 Å². The second kappa shape index (κ2) is 7.72. The van der Waals surface area contributed by atoms with E-state index in [1.807, 2.05) is 35.2 Å². The molecule has 6 heteroatoms. The molecular formula is C22H26N4O2. The third-order valence-electron chi connectivity index (χ3n) is 6.26. The number of rotatable bonds is 3. The summed E-state index contributed by atoms with van der Waals surface area (Å²) in [6.45, 7) is 2.15. The molecule has 4 rings (SSSR count). The average Bonchev–Trinajstić information content (AvgIpc) is 2.93. The summed E-state index contributed by atoms with van der Waals surface area (Å²) in [5.74, 6) is 0.0677. The molecular weight excluding hydrogens is 352 g/mol. The van der Waals surface area contributed by atoms with Crippen LogP contribution < -0.4 is 5.32 Å². The molecule has 1 aromatic heterocycles. The van der Waals surface area contributed by atoms with E-state index in [1.54, 1.807) is 24.5 Å². The molecule has 146 valence electrons. The summed E-state index contributed by atoms with van der Waals surface area (Å²) in [6, 6.07) is 13.3. The van der Waals surface area contributed by atoms with Crippen LogP contribution in [0.5, 0.6) is 0 Å². The Kier molecular flexibility index (Phi) is 5.13. The van der Waals surface area contributed by atoms with Crippen molar-refractivity contribution in [1.82, 2.24) is 14.8 Å². The van der Waals surface area contributed by atoms with Crippen LogP contribution in [0.3, 0.4) is 0 Å². The molecule has 3 heterocycles. The lowest BCUT2D eigenvalue weighted by molar-refractivity contribution is -0.127. The summed E-state index contributed by atoms with van der Waals surface area (Å²) in [5, 5.41) is 3.12. The predicted molar refractivity (Wildman–Crippen MR) is 108 cm³/mol. The molecule has 0 unspecified atom stereocenters. The van der Waals surface area contributed by atoms with E-state index in [0.717, 1.165) is 25.1 Å². The number of nitrogens with zero attached hydrogens (tertiary/aromatic N) is 3. The molecule has 2 fully saturated rings. The Labute approximate surface area is 165 Å². The number of hydrogen-bond donors (Lipinski definition) is 1. The number of aromatic nitrogens is 1. The van der Waals surface area contributed by atoms with Gasteiger partial charge in [-0.05, 0) is 57.1 Å². The molecule has 0 bridgehead atoms. The number of hydrogen-bond acceptors (Lipinski definition) is 4. The second-order valence-corrected chi connectivity index (χ2v) is 7.80. The molecule has 1 aromatic carbocycles. The highest BCUT2D eigenvalue weighted by atomic mass is 16.2. The molecule has 2 aliphatic heterocycles. The zero-order valence-electron chi connectivity index (χ0n) is 16.2. The number of carbonyl (C=O) groups excluding carboxylic acids is 2. The first-order chi connectivity index (χ1) is 13.6. The van der Waals surface area contributed by atoms with Gasteiger partial charge in [0.1, 0.15) is 0 Å². The minimum Gasteiger partial charge on any atom is -0.339 e. The van der Waals surface area contributed by atoms with Crippen LogP contribution in [0.4, 0.5) is 5.69 Å². The van der Waals surface area contributed by atoms with Gasteiger partial charge in [0.2, 0.25) is 5.91 Å². The fourth-order valence-corrected chi connectivity index (χ4v) is 4.66. The zero-order chi connectivity index (χ0) is 19.6. The van der Waals surface area contributed by atoms with Crippen LogP contribution >= 0.6 is 0 Å². The van der Waals surface area contributed by atoms with Gasteiger partial charge in [-0.2, -0.15) is 0 Å². The highest BCUT2D eigenvalue weighted by Crippen LogP contribution is 2.44. The fourth-order valence-electron chi connectivity index (χ4n) is 4.66. The van der Waals surface area contributed by atoms with Crippen molar-refractivity contribution in [2.75, 3.05) is 32.0 Å². The third kappa shape index (κ3) is 3.40. The Balaban J connectivity index is 1.55. The first-order valence-electron chi connectivity index (χ1n) is 9.86. The molecule has 2 aliphatic rings. The largest absolute Gasteiger partial charge is 0.339 e. The SMILES string of the molecule is CN1CC[C@@]2(C(=O)Nc3ccccc3)CCN(C(=O)c3cccnc3)CC[C@@H]12. The number of benzene rings is 1. The molecule has 2 aromatic rings. The lowest BCUT2D eigenvalue weighted by Gasteiger charge is -2.34. The number of amides is 2. The van der Waals surface area contributed by atoms with Crippen molar-refractivity contribution >= 4 is 17.5 Å². The number of likely N-dealkylation sites (tertiary alicyclic amines) is 2. The van der Waals surface area contributed by atoms with Crippen molar-refractivity contribution in [3.8, 4) is 0 Å². The number of para-hydroxylation sites is 1. The lowest BCUT2D eigenvalue weighted by Crippen LogP contribution is -2.46. The normalized spacial score (nSPS) is 25.0. The van der Waals surface area contributed by atoms with E-state index in [0.29, 0.717) is 25.1 Å². The first kappa shape index (κ1) is 18.6. The molecule has 0 aliphatic carbocycles. The maximum Gasteiger partial charge on any atom is 0.255 e. The van der Waals surface area contributed by atoms with Crippen molar-refractivity contribution in [2.45, 2.75) is 25.3 Å². The highest BCUT2D eigenvalue weighted by molar-refractivity contribution is 5.97. The van der Waals surface area contributed by atoms with E-state index < -0.39 is 5.41 Å². The van der Waals surface area contributed by atoms with Gasteiger partial charge < -0.3 is 15.1 Å². The maximum atomic E-state index is 13.4. The number of anilines is 1. The van der Waals surface area contributed by atoms with Crippen LogP contribution in [0.25, 0.3) is 0 Å². The molecule has 1 N–H and O–H groups in total. The van der Waals surface area contributed by atoms with E-state index in [4.69, 9.17) is 0 Å². The Morgan fingerprint density at radius 2 is 1.86 bits per heavy atom. The van der Waals surface area contributed by atoms with Crippen LogP contribution in [0.15, 0.2) is 54.9 Å². The second-order valence-electron chi connectivity index (χ2n) is 7.80. The minimum absolute atomic E-state index is 0.00524. The number of carbonyl (C=O) groups is 2. The van der Waals surface area contributed by atoms with Gasteiger partial charge in [0.05, 0.1) is 11.0 Å². The highest BCUT2D eigenvalue weighted by Gasteiger charge is 2.52. The van der Waals surface area contributed by atoms with Gasteiger partial charge in [-0.15, -0.1) is 0 Å². The maximum absolute atomic E-state index is 13.4. The number of fused-ring (bicyclic) bond motifs is 1. The summed E-state index contributed by atoms with van der Waals surface area (Å²) < 4.78 is 0. The average molecular weight is 378 g/mol. The van der Waals surface area contributed by atoms with Crippen LogP contribution in [0.2, 0.25) is 0 Å². The first-order valence-corrected chi connectivity index (χ1v) is 9.86. The van der Waals surface area contributed by atoms with E-state index in [-0.39, 0.29) is 17.9 Å². The predicted octanol–water partition coefficient (Wildman–Crippen LogP) is 2.65. The summed E-state index contributed by atoms with van der Waals surface area (Å²) in [6.07, 6.45) is 5.57. The summed E-state index contributed by atoms with van der Waals surface area (Å²) in [5.41, 5.74) is 0.961. The van der Waals surface area contributed by atoms with Gasteiger partial charge >= 0.3 is 0 Å². The van der Waals surface area contributed by atoms with E-state index >= 15 is 0 Å². The van der Waals surface area contributed by atoms with Crippen LogP contribution in [-0.4, -0.2) is 59.3 Å². The number of pyridine rings is 1. The smallest absolute Gasteiger partial charge is 0.255 e. The molecule has 2 amide bonds. The third-order valence-corrected chi connectivity index (χ3v) is 6.26. The fraction of sp³-hybridized carbons (Fsp3) is 0.409. The van der Waals surface area contributed by atoms with Crippen molar-refractivity contribution in [3.63, 3.8) is 0 Å². The lowest BCUT2D eigenvalue weighted by atomic mass is 9.75. The summed E-state index contributed by atoms with van der Waals surface area (Å²) in [7, 11) is 2.08. The molecule has 0 radical (unpaired) electrons. The van der Waals surface area contributed by atoms with Crippen LogP contribution in [0.1, 0.15) is 29.6 Å². The summed E-state index contributed by atoms with van der Waals surface area (Å²) in [4.78, 5) is 34.5. The molecule has 2 atom stereocenters. The Hall–Kier alpha value is -2.73. The monoisotopic (exact) mass is 378 g/mol. The van der Waals surface area contributed by atoms with E-state index in [2.05, 4.69) is 22.2 Å². The number of nitrogens with one attached hydrogen (secondary N) is 1. The Bertz CT molecular complexity index is 842. The van der Waals surface area contributed by atoms with Crippen molar-refractivity contribution in [2.24, 2.45) is 5.41 Å². The van der Waals surface area contributed by atoms with Crippen LogP contribution in [0, 0.1) is 5.41 Å². The van der Waals surface area contributed by atoms with Gasteiger partial charge in [-0.3, -0.25) is 14.6 Å². The molecule has 28 heavy (non-hydrogen) atoms.